The Labute approximate surface area is 214 Å². The molecule has 0 N–H and O–H groups in total. The lowest BCUT2D eigenvalue weighted by Crippen LogP contribution is -2.10. The summed E-state index contributed by atoms with van der Waals surface area (Å²) in [5.41, 5.74) is 13.0. The van der Waals surface area contributed by atoms with Crippen LogP contribution in [-0.2, 0) is 12.8 Å². The summed E-state index contributed by atoms with van der Waals surface area (Å²) in [6.07, 6.45) is 2.14. The monoisotopic (exact) mass is 465 g/mol. The summed E-state index contributed by atoms with van der Waals surface area (Å²) in [7, 11) is 0. The predicted octanol–water partition coefficient (Wildman–Crippen LogP) is 9.59. The van der Waals surface area contributed by atoms with Gasteiger partial charge in [0.05, 0.1) is 0 Å². The molecule has 1 nitrogen and oxygen atoms in total. The van der Waals surface area contributed by atoms with Crippen molar-refractivity contribution in [2.75, 3.05) is 4.90 Å². The van der Waals surface area contributed by atoms with E-state index in [9.17, 15) is 0 Å². The van der Waals surface area contributed by atoms with Crippen molar-refractivity contribution in [1.29, 1.82) is 0 Å². The zero-order chi connectivity index (χ0) is 24.5. The number of para-hydroxylation sites is 1. The molecule has 0 radical (unpaired) electrons. The van der Waals surface area contributed by atoms with Crippen molar-refractivity contribution in [2.24, 2.45) is 5.92 Å². The van der Waals surface area contributed by atoms with E-state index < -0.39 is 0 Å². The van der Waals surface area contributed by atoms with Crippen LogP contribution in [0.3, 0.4) is 0 Å². The molecule has 5 aromatic rings. The van der Waals surface area contributed by atoms with E-state index in [0.29, 0.717) is 5.92 Å². The Bertz CT molecular complexity index is 1480. The van der Waals surface area contributed by atoms with E-state index in [1.54, 1.807) is 0 Å². The summed E-state index contributed by atoms with van der Waals surface area (Å²) in [5, 5.41) is 0. The molecule has 36 heavy (non-hydrogen) atoms. The molecular weight excluding hydrogens is 434 g/mol. The van der Waals surface area contributed by atoms with Crippen LogP contribution in [0.15, 0.2) is 121 Å². The number of anilines is 3. The Hall–Kier alpha value is -4.10. The summed E-state index contributed by atoms with van der Waals surface area (Å²) in [6, 6.07) is 44.3. The van der Waals surface area contributed by atoms with Crippen LogP contribution in [-0.4, -0.2) is 0 Å². The number of benzene rings is 5. The maximum atomic E-state index is 2.36. The topological polar surface area (TPSA) is 3.24 Å². The predicted molar refractivity (Wildman–Crippen MR) is 153 cm³/mol. The SMILES string of the molecule is CC(C)Cc1ccc(N(c2ccccc2)c2ccc(-c3ccc4c(c3)-c3ccccc3C4)cc2)cc1. The van der Waals surface area contributed by atoms with Crippen molar-refractivity contribution in [3.05, 3.63) is 138 Å². The molecule has 0 amide bonds. The molecule has 176 valence electrons. The molecular formula is C35H31N. The highest BCUT2D eigenvalue weighted by Crippen LogP contribution is 2.40. The average molecular weight is 466 g/mol. The van der Waals surface area contributed by atoms with E-state index in [-0.39, 0.29) is 0 Å². The van der Waals surface area contributed by atoms with Crippen molar-refractivity contribution in [3.8, 4) is 22.3 Å². The minimum absolute atomic E-state index is 0.654. The minimum Gasteiger partial charge on any atom is -0.311 e. The molecule has 1 aliphatic carbocycles. The summed E-state index contributed by atoms with van der Waals surface area (Å²) in [4.78, 5) is 2.34. The van der Waals surface area contributed by atoms with Gasteiger partial charge in [0.25, 0.3) is 0 Å². The molecule has 1 aliphatic rings. The fraction of sp³-hybridized carbons (Fsp3) is 0.143. The van der Waals surface area contributed by atoms with Crippen molar-refractivity contribution in [1.82, 2.24) is 0 Å². The number of nitrogens with zero attached hydrogens (tertiary/aromatic N) is 1. The van der Waals surface area contributed by atoms with Gasteiger partial charge in [0.2, 0.25) is 0 Å². The number of fused-ring (bicyclic) bond motifs is 3. The summed E-state index contributed by atoms with van der Waals surface area (Å²) >= 11 is 0. The molecule has 5 aromatic carbocycles. The second-order valence-electron chi connectivity index (χ2n) is 10.2. The molecule has 0 aliphatic heterocycles. The van der Waals surface area contributed by atoms with Gasteiger partial charge >= 0.3 is 0 Å². The Kier molecular flexibility index (Phi) is 5.91. The fourth-order valence-corrected chi connectivity index (χ4v) is 5.38. The van der Waals surface area contributed by atoms with Gasteiger partial charge < -0.3 is 4.90 Å². The van der Waals surface area contributed by atoms with Crippen LogP contribution in [0.1, 0.15) is 30.5 Å². The first kappa shape index (κ1) is 22.4. The number of hydrogen-bond donors (Lipinski definition) is 0. The zero-order valence-corrected chi connectivity index (χ0v) is 21.0. The van der Waals surface area contributed by atoms with Crippen LogP contribution in [0.4, 0.5) is 17.1 Å². The van der Waals surface area contributed by atoms with E-state index in [0.717, 1.165) is 24.2 Å². The van der Waals surface area contributed by atoms with Gasteiger partial charge in [0.15, 0.2) is 0 Å². The smallest absolute Gasteiger partial charge is 0.0462 e. The first-order valence-corrected chi connectivity index (χ1v) is 12.9. The van der Waals surface area contributed by atoms with Crippen molar-refractivity contribution < 1.29 is 0 Å². The second kappa shape index (κ2) is 9.51. The highest BCUT2D eigenvalue weighted by atomic mass is 15.1. The van der Waals surface area contributed by atoms with E-state index >= 15 is 0 Å². The normalized spacial score (nSPS) is 11.9. The molecule has 0 atom stereocenters. The lowest BCUT2D eigenvalue weighted by molar-refractivity contribution is 0.647. The average Bonchev–Trinajstić information content (AvgIpc) is 3.29. The van der Waals surface area contributed by atoms with E-state index in [1.807, 2.05) is 0 Å². The second-order valence-corrected chi connectivity index (χ2v) is 10.2. The Morgan fingerprint density at radius 2 is 1.14 bits per heavy atom. The third-order valence-electron chi connectivity index (χ3n) is 7.11. The quantitative estimate of drug-likeness (QED) is 0.237. The van der Waals surface area contributed by atoms with Crippen LogP contribution < -0.4 is 4.90 Å². The van der Waals surface area contributed by atoms with Crippen LogP contribution in [0.25, 0.3) is 22.3 Å². The number of rotatable bonds is 6. The maximum absolute atomic E-state index is 2.36. The third kappa shape index (κ3) is 4.33. The van der Waals surface area contributed by atoms with E-state index in [1.165, 1.54) is 44.6 Å². The van der Waals surface area contributed by atoms with Gasteiger partial charge in [-0.05, 0) is 100 Å². The molecule has 1 heteroatoms. The largest absolute Gasteiger partial charge is 0.311 e. The van der Waals surface area contributed by atoms with Crippen molar-refractivity contribution >= 4 is 17.1 Å². The summed E-state index contributed by atoms with van der Waals surface area (Å²) in [6.45, 7) is 4.54. The van der Waals surface area contributed by atoms with Crippen LogP contribution >= 0.6 is 0 Å². The van der Waals surface area contributed by atoms with Gasteiger partial charge in [0, 0.05) is 17.1 Å². The van der Waals surface area contributed by atoms with Gasteiger partial charge in [-0.2, -0.15) is 0 Å². The Balaban J connectivity index is 1.34. The molecule has 0 saturated carbocycles. The lowest BCUT2D eigenvalue weighted by Gasteiger charge is -2.26. The van der Waals surface area contributed by atoms with Crippen LogP contribution in [0.2, 0.25) is 0 Å². The lowest BCUT2D eigenvalue weighted by atomic mass is 9.98. The van der Waals surface area contributed by atoms with Gasteiger partial charge in [0.1, 0.15) is 0 Å². The Morgan fingerprint density at radius 3 is 1.86 bits per heavy atom. The molecule has 0 aromatic heterocycles. The summed E-state index contributed by atoms with van der Waals surface area (Å²) < 4.78 is 0. The van der Waals surface area contributed by atoms with Gasteiger partial charge in [-0.25, -0.2) is 0 Å². The standard InChI is InChI=1S/C35H31N/c1-25(2)22-26-12-18-32(19-13-26)36(31-9-4-3-5-10-31)33-20-16-27(17-21-33)28-14-15-30-23-29-8-6-7-11-34(29)35(30)24-28/h3-21,24-25H,22-23H2,1-2H3. The summed E-state index contributed by atoms with van der Waals surface area (Å²) in [5.74, 6) is 0.654. The molecule has 0 bridgehead atoms. The van der Waals surface area contributed by atoms with Gasteiger partial charge in [-0.3, -0.25) is 0 Å². The Morgan fingerprint density at radius 1 is 0.556 bits per heavy atom. The highest BCUT2D eigenvalue weighted by molar-refractivity contribution is 5.83. The van der Waals surface area contributed by atoms with Crippen LogP contribution in [0, 0.1) is 5.92 Å². The molecule has 0 heterocycles. The van der Waals surface area contributed by atoms with Crippen LogP contribution in [0.5, 0.6) is 0 Å². The maximum Gasteiger partial charge on any atom is 0.0462 e. The molecule has 0 fully saturated rings. The first-order chi connectivity index (χ1) is 17.7. The zero-order valence-electron chi connectivity index (χ0n) is 21.0. The van der Waals surface area contributed by atoms with Crippen molar-refractivity contribution in [3.63, 3.8) is 0 Å². The molecule has 6 rings (SSSR count). The van der Waals surface area contributed by atoms with Gasteiger partial charge in [-0.1, -0.05) is 92.7 Å². The minimum atomic E-state index is 0.654. The number of hydrogen-bond acceptors (Lipinski definition) is 1. The third-order valence-corrected chi connectivity index (χ3v) is 7.11. The van der Waals surface area contributed by atoms with E-state index in [4.69, 9.17) is 0 Å². The molecule has 0 saturated heterocycles. The fourth-order valence-electron chi connectivity index (χ4n) is 5.38. The highest BCUT2D eigenvalue weighted by Gasteiger charge is 2.18. The molecule has 0 spiro atoms. The molecule has 0 unspecified atom stereocenters. The van der Waals surface area contributed by atoms with Crippen molar-refractivity contribution in [2.45, 2.75) is 26.7 Å². The first-order valence-electron chi connectivity index (χ1n) is 12.9. The van der Waals surface area contributed by atoms with Gasteiger partial charge in [-0.15, -0.1) is 0 Å². The van der Waals surface area contributed by atoms with E-state index in [2.05, 4.69) is 140 Å².